The van der Waals surface area contributed by atoms with Crippen molar-refractivity contribution in [3.63, 3.8) is 0 Å². The Morgan fingerprint density at radius 2 is 1.82 bits per heavy atom. The van der Waals surface area contributed by atoms with Gasteiger partial charge >= 0.3 is 0 Å². The zero-order chi connectivity index (χ0) is 20.1. The van der Waals surface area contributed by atoms with Gasteiger partial charge in [0.05, 0.1) is 11.0 Å². The summed E-state index contributed by atoms with van der Waals surface area (Å²) >= 11 is 0. The molecule has 3 rings (SSSR count). The van der Waals surface area contributed by atoms with Crippen LogP contribution in [0.4, 0.5) is 5.69 Å². The lowest BCUT2D eigenvalue weighted by Gasteiger charge is -2.11. The van der Waals surface area contributed by atoms with Crippen molar-refractivity contribution in [2.45, 2.75) is 40.2 Å². The van der Waals surface area contributed by atoms with Gasteiger partial charge in [-0.15, -0.1) is 0 Å². The molecule has 0 bridgehead atoms. The van der Waals surface area contributed by atoms with Gasteiger partial charge in [-0.2, -0.15) is 0 Å². The minimum Gasteiger partial charge on any atom is -0.356 e. The van der Waals surface area contributed by atoms with E-state index in [9.17, 15) is 9.59 Å². The Morgan fingerprint density at radius 3 is 2.57 bits per heavy atom. The number of carbonyl (C=O) groups excluding carboxylic acids is 2. The normalized spacial score (nSPS) is 10.8. The van der Waals surface area contributed by atoms with Crippen molar-refractivity contribution in [1.82, 2.24) is 14.9 Å². The van der Waals surface area contributed by atoms with E-state index in [-0.39, 0.29) is 18.4 Å². The van der Waals surface area contributed by atoms with Crippen LogP contribution in [0.5, 0.6) is 0 Å². The van der Waals surface area contributed by atoms with Crippen molar-refractivity contribution in [3.8, 4) is 0 Å². The first-order chi connectivity index (χ1) is 13.5. The number of para-hydroxylation sites is 2. The van der Waals surface area contributed by atoms with Gasteiger partial charge in [-0.25, -0.2) is 4.98 Å². The molecule has 2 amide bonds. The molecule has 146 valence electrons. The van der Waals surface area contributed by atoms with Crippen LogP contribution in [0, 0.1) is 13.8 Å². The van der Waals surface area contributed by atoms with E-state index in [1.54, 1.807) is 0 Å². The largest absolute Gasteiger partial charge is 0.356 e. The van der Waals surface area contributed by atoms with Gasteiger partial charge in [-0.3, -0.25) is 9.59 Å². The molecule has 0 radical (unpaired) electrons. The summed E-state index contributed by atoms with van der Waals surface area (Å²) in [6.07, 6.45) is 1.02. The molecule has 0 saturated carbocycles. The summed E-state index contributed by atoms with van der Waals surface area (Å²) in [4.78, 5) is 28.8. The number of rotatable bonds is 7. The first kappa shape index (κ1) is 19.6. The highest BCUT2D eigenvalue weighted by molar-refractivity contribution is 5.92. The van der Waals surface area contributed by atoms with Crippen LogP contribution in [0.15, 0.2) is 42.5 Å². The standard InChI is InChI=1S/C22H26N4O2/c1-4-21(27)23-12-11-20-25-18-7-5-6-8-19(18)26(20)14-22(28)24-17-10-9-15(2)16(3)13-17/h5-10,13H,4,11-12,14H2,1-3H3,(H,23,27)(H,24,28). The van der Waals surface area contributed by atoms with Crippen LogP contribution >= 0.6 is 0 Å². The molecule has 0 atom stereocenters. The van der Waals surface area contributed by atoms with Crippen LogP contribution < -0.4 is 10.6 Å². The number of amides is 2. The van der Waals surface area contributed by atoms with Crippen LogP contribution in [0.1, 0.15) is 30.3 Å². The van der Waals surface area contributed by atoms with E-state index in [0.717, 1.165) is 28.1 Å². The molecule has 2 aromatic carbocycles. The molecule has 1 aromatic heterocycles. The third-order valence-electron chi connectivity index (χ3n) is 4.82. The summed E-state index contributed by atoms with van der Waals surface area (Å²) in [6, 6.07) is 13.6. The third kappa shape index (κ3) is 4.57. The molecule has 0 aliphatic heterocycles. The molecule has 0 spiro atoms. The third-order valence-corrected chi connectivity index (χ3v) is 4.82. The van der Waals surface area contributed by atoms with Crippen molar-refractivity contribution in [2.24, 2.45) is 0 Å². The molecule has 0 aliphatic rings. The second-order valence-corrected chi connectivity index (χ2v) is 6.90. The number of nitrogens with zero attached hydrogens (tertiary/aromatic N) is 2. The van der Waals surface area contributed by atoms with Gasteiger partial charge in [0.1, 0.15) is 12.4 Å². The van der Waals surface area contributed by atoms with E-state index >= 15 is 0 Å². The summed E-state index contributed by atoms with van der Waals surface area (Å²) in [5.74, 6) is 0.688. The summed E-state index contributed by atoms with van der Waals surface area (Å²) in [6.45, 7) is 6.56. The van der Waals surface area contributed by atoms with E-state index in [0.29, 0.717) is 19.4 Å². The number of fused-ring (bicyclic) bond motifs is 1. The summed E-state index contributed by atoms with van der Waals surface area (Å²) in [5, 5.41) is 5.83. The predicted molar refractivity (Wildman–Crippen MR) is 111 cm³/mol. The lowest BCUT2D eigenvalue weighted by molar-refractivity contribution is -0.120. The van der Waals surface area contributed by atoms with E-state index in [4.69, 9.17) is 0 Å². The maximum Gasteiger partial charge on any atom is 0.244 e. The number of nitrogens with one attached hydrogen (secondary N) is 2. The van der Waals surface area contributed by atoms with Crippen LogP contribution in [-0.4, -0.2) is 27.9 Å². The molecule has 6 nitrogen and oxygen atoms in total. The Kier molecular flexibility index (Phi) is 6.09. The number of aryl methyl sites for hydroxylation is 2. The first-order valence-corrected chi connectivity index (χ1v) is 9.56. The molecule has 6 heteroatoms. The second kappa shape index (κ2) is 8.69. The second-order valence-electron chi connectivity index (χ2n) is 6.90. The topological polar surface area (TPSA) is 76.0 Å². The fraction of sp³-hybridized carbons (Fsp3) is 0.318. The Bertz CT molecular complexity index is 1010. The number of imidazole rings is 1. The zero-order valence-electron chi connectivity index (χ0n) is 16.6. The van der Waals surface area contributed by atoms with Gasteiger partial charge < -0.3 is 15.2 Å². The number of aromatic nitrogens is 2. The summed E-state index contributed by atoms with van der Waals surface area (Å²) in [7, 11) is 0. The average molecular weight is 378 g/mol. The van der Waals surface area contributed by atoms with Crippen LogP contribution in [0.3, 0.4) is 0 Å². The van der Waals surface area contributed by atoms with E-state index in [2.05, 4.69) is 15.6 Å². The number of hydrogen-bond acceptors (Lipinski definition) is 3. The quantitative estimate of drug-likeness (QED) is 0.662. The van der Waals surface area contributed by atoms with Crippen LogP contribution in [0.25, 0.3) is 11.0 Å². The number of anilines is 1. The van der Waals surface area contributed by atoms with Crippen molar-refractivity contribution >= 4 is 28.5 Å². The Morgan fingerprint density at radius 1 is 1.04 bits per heavy atom. The van der Waals surface area contributed by atoms with Gasteiger partial charge in [-0.1, -0.05) is 25.1 Å². The van der Waals surface area contributed by atoms with Crippen molar-refractivity contribution < 1.29 is 9.59 Å². The first-order valence-electron chi connectivity index (χ1n) is 9.56. The molecule has 0 fully saturated rings. The molecule has 0 unspecified atom stereocenters. The Labute approximate surface area is 165 Å². The molecular weight excluding hydrogens is 352 g/mol. The molecule has 28 heavy (non-hydrogen) atoms. The molecule has 0 saturated heterocycles. The SMILES string of the molecule is CCC(=O)NCCc1nc2ccccc2n1CC(=O)Nc1ccc(C)c(C)c1. The smallest absolute Gasteiger partial charge is 0.244 e. The summed E-state index contributed by atoms with van der Waals surface area (Å²) < 4.78 is 1.92. The van der Waals surface area contributed by atoms with Gasteiger partial charge in [0.2, 0.25) is 11.8 Å². The summed E-state index contributed by atoms with van der Waals surface area (Å²) in [5.41, 5.74) is 4.87. The maximum absolute atomic E-state index is 12.7. The average Bonchev–Trinajstić information content (AvgIpc) is 3.02. The maximum atomic E-state index is 12.7. The molecule has 1 heterocycles. The van der Waals surface area contributed by atoms with E-state index in [1.165, 1.54) is 5.56 Å². The molecule has 3 aromatic rings. The molecule has 0 aliphatic carbocycles. The van der Waals surface area contributed by atoms with Crippen LogP contribution in [0.2, 0.25) is 0 Å². The highest BCUT2D eigenvalue weighted by Gasteiger charge is 2.14. The zero-order valence-corrected chi connectivity index (χ0v) is 16.6. The van der Waals surface area contributed by atoms with Gasteiger partial charge in [0.15, 0.2) is 0 Å². The highest BCUT2D eigenvalue weighted by atomic mass is 16.2. The molecular formula is C22H26N4O2. The molecule has 2 N–H and O–H groups in total. The fourth-order valence-corrected chi connectivity index (χ4v) is 3.09. The van der Waals surface area contributed by atoms with Gasteiger partial charge in [0, 0.05) is 25.1 Å². The number of hydrogen-bond donors (Lipinski definition) is 2. The van der Waals surface area contributed by atoms with E-state index < -0.39 is 0 Å². The Hall–Kier alpha value is -3.15. The predicted octanol–water partition coefficient (Wildman–Crippen LogP) is 3.36. The van der Waals surface area contributed by atoms with Crippen molar-refractivity contribution in [1.29, 1.82) is 0 Å². The van der Waals surface area contributed by atoms with Crippen molar-refractivity contribution in [3.05, 3.63) is 59.4 Å². The minimum atomic E-state index is -0.106. The van der Waals surface area contributed by atoms with E-state index in [1.807, 2.05) is 67.8 Å². The Balaban J connectivity index is 1.78. The number of benzene rings is 2. The highest BCUT2D eigenvalue weighted by Crippen LogP contribution is 2.18. The van der Waals surface area contributed by atoms with Crippen LogP contribution in [-0.2, 0) is 22.6 Å². The minimum absolute atomic E-state index is 0.00939. The lowest BCUT2D eigenvalue weighted by Crippen LogP contribution is -2.26. The van der Waals surface area contributed by atoms with Crippen molar-refractivity contribution in [2.75, 3.05) is 11.9 Å². The monoisotopic (exact) mass is 378 g/mol. The fourth-order valence-electron chi connectivity index (χ4n) is 3.09. The number of carbonyl (C=O) groups is 2. The van der Waals surface area contributed by atoms with Gasteiger partial charge in [0.25, 0.3) is 0 Å². The lowest BCUT2D eigenvalue weighted by atomic mass is 10.1. The van der Waals surface area contributed by atoms with Gasteiger partial charge in [-0.05, 0) is 49.2 Å².